The number of ether oxygens (including phenoxy) is 1. The minimum absolute atomic E-state index is 0.0904. The largest absolute Gasteiger partial charge is 0.446 e. The number of likely N-dealkylation sites (tertiary alicyclic amines) is 1. The molecule has 3 fully saturated rings. The lowest BCUT2D eigenvalue weighted by atomic mass is 9.95. The van der Waals surface area contributed by atoms with E-state index in [0.717, 1.165) is 51.3 Å². The minimum Gasteiger partial charge on any atom is -0.446 e. The number of amides is 1. The zero-order chi connectivity index (χ0) is 21.5. The van der Waals surface area contributed by atoms with Gasteiger partial charge >= 0.3 is 6.09 Å². The summed E-state index contributed by atoms with van der Waals surface area (Å²) in [7, 11) is 0. The number of non-ortho nitro benzene ring substituents is 1. The molecule has 0 aromatic heterocycles. The maximum Gasteiger partial charge on any atom is 0.407 e. The first kappa shape index (κ1) is 20.9. The Morgan fingerprint density at radius 3 is 2.30 bits per heavy atom. The monoisotopic (exact) mass is 416 g/mol. The lowest BCUT2D eigenvalue weighted by Crippen LogP contribution is -2.42. The Labute approximate surface area is 177 Å². The summed E-state index contributed by atoms with van der Waals surface area (Å²) in [5, 5.41) is 13.7. The van der Waals surface area contributed by atoms with Crippen LogP contribution in [0.2, 0.25) is 0 Å². The summed E-state index contributed by atoms with van der Waals surface area (Å²) in [4.78, 5) is 27.3. The summed E-state index contributed by atoms with van der Waals surface area (Å²) in [6, 6.07) is 6.86. The van der Waals surface area contributed by atoms with Crippen LogP contribution in [-0.4, -0.2) is 60.3 Å². The summed E-state index contributed by atoms with van der Waals surface area (Å²) in [6.45, 7) is 11.0. The zero-order valence-electron chi connectivity index (χ0n) is 18.0. The van der Waals surface area contributed by atoms with Crippen molar-refractivity contribution in [2.45, 2.75) is 45.3 Å². The van der Waals surface area contributed by atoms with Crippen molar-refractivity contribution in [3.63, 3.8) is 0 Å². The van der Waals surface area contributed by atoms with Gasteiger partial charge in [0.2, 0.25) is 0 Å². The number of nitrogens with one attached hydrogen (secondary N) is 1. The van der Waals surface area contributed by atoms with Crippen LogP contribution < -0.4 is 10.2 Å². The van der Waals surface area contributed by atoms with Crippen LogP contribution in [0.25, 0.3) is 0 Å². The number of alkyl carbamates (subject to hydrolysis) is 1. The molecule has 8 heteroatoms. The molecule has 0 radical (unpaired) electrons. The molecular weight excluding hydrogens is 384 g/mol. The fourth-order valence-corrected chi connectivity index (χ4v) is 4.87. The molecule has 4 rings (SSSR count). The zero-order valence-corrected chi connectivity index (χ0v) is 18.0. The second-order valence-corrected chi connectivity index (χ2v) is 10.00. The van der Waals surface area contributed by atoms with E-state index in [1.54, 1.807) is 12.1 Å². The molecule has 2 heterocycles. The summed E-state index contributed by atoms with van der Waals surface area (Å²) >= 11 is 0. The highest BCUT2D eigenvalue weighted by Crippen LogP contribution is 2.48. The quantitative estimate of drug-likeness (QED) is 0.586. The molecule has 2 atom stereocenters. The summed E-state index contributed by atoms with van der Waals surface area (Å²) < 4.78 is 5.60. The first-order valence-electron chi connectivity index (χ1n) is 10.9. The number of nitro groups is 1. The van der Waals surface area contributed by atoms with Gasteiger partial charge < -0.3 is 19.9 Å². The molecular formula is C22H32N4O4. The average Bonchev–Trinajstić information content (AvgIpc) is 3.10. The van der Waals surface area contributed by atoms with Crippen molar-refractivity contribution in [2.24, 2.45) is 17.8 Å². The minimum atomic E-state index is -0.358. The fourth-order valence-electron chi connectivity index (χ4n) is 4.87. The number of piperidine rings is 2. The highest BCUT2D eigenvalue weighted by Gasteiger charge is 2.58. The normalized spacial score (nSPS) is 26.9. The predicted octanol–water partition coefficient (Wildman–Crippen LogP) is 3.27. The molecule has 0 spiro atoms. The Kier molecular flexibility index (Phi) is 5.61. The van der Waals surface area contributed by atoms with Crippen LogP contribution in [0.15, 0.2) is 24.3 Å². The number of carbonyl (C=O) groups excluding carboxylic acids is 1. The molecule has 3 aliphatic rings. The molecule has 2 unspecified atom stereocenters. The van der Waals surface area contributed by atoms with E-state index in [0.29, 0.717) is 17.8 Å². The van der Waals surface area contributed by atoms with Crippen molar-refractivity contribution in [1.82, 2.24) is 10.2 Å². The lowest BCUT2D eigenvalue weighted by molar-refractivity contribution is -0.384. The first-order chi connectivity index (χ1) is 14.2. The van der Waals surface area contributed by atoms with Crippen LogP contribution in [0.3, 0.4) is 0 Å². The third kappa shape index (κ3) is 4.86. The van der Waals surface area contributed by atoms with E-state index in [4.69, 9.17) is 4.74 Å². The first-order valence-corrected chi connectivity index (χ1v) is 10.9. The van der Waals surface area contributed by atoms with Gasteiger partial charge in [-0.2, -0.15) is 0 Å². The smallest absolute Gasteiger partial charge is 0.407 e. The number of nitrogens with zero attached hydrogens (tertiary/aromatic N) is 3. The standard InChI is InChI=1S/C22H32N4O4/c1-22(2,3)23-21(27)30-20-18-13-24(14-19(18)20)12-15-8-10-25(11-9-15)16-4-6-17(7-5-16)26(28)29/h4-7,15,18-20H,8-14H2,1-3H3,(H,23,27). The average molecular weight is 417 g/mol. The molecule has 1 saturated carbocycles. The number of anilines is 1. The summed E-state index contributed by atoms with van der Waals surface area (Å²) in [6.07, 6.45) is 2.06. The van der Waals surface area contributed by atoms with Crippen molar-refractivity contribution in [3.05, 3.63) is 34.4 Å². The Morgan fingerprint density at radius 2 is 1.77 bits per heavy atom. The van der Waals surface area contributed by atoms with E-state index in [1.165, 1.54) is 0 Å². The second-order valence-electron chi connectivity index (χ2n) is 10.00. The van der Waals surface area contributed by atoms with E-state index in [2.05, 4.69) is 15.1 Å². The van der Waals surface area contributed by atoms with Gasteiger partial charge in [0.15, 0.2) is 0 Å². The summed E-state index contributed by atoms with van der Waals surface area (Å²) in [5.41, 5.74) is 0.936. The topological polar surface area (TPSA) is 88.0 Å². The molecule has 1 aliphatic carbocycles. The van der Waals surface area contributed by atoms with Gasteiger partial charge in [0.05, 0.1) is 4.92 Å². The number of carbonyl (C=O) groups is 1. The molecule has 2 aliphatic heterocycles. The van der Waals surface area contributed by atoms with Gasteiger partial charge in [-0.1, -0.05) is 0 Å². The molecule has 1 aromatic rings. The molecule has 8 nitrogen and oxygen atoms in total. The number of benzene rings is 1. The van der Waals surface area contributed by atoms with Crippen LogP contribution in [-0.2, 0) is 4.74 Å². The van der Waals surface area contributed by atoms with Gasteiger partial charge in [-0.25, -0.2) is 4.79 Å². The second kappa shape index (κ2) is 8.06. The molecule has 2 saturated heterocycles. The Balaban J connectivity index is 1.17. The lowest BCUT2D eigenvalue weighted by Gasteiger charge is -2.35. The van der Waals surface area contributed by atoms with Crippen LogP contribution in [0.4, 0.5) is 16.2 Å². The molecule has 1 N–H and O–H groups in total. The van der Waals surface area contributed by atoms with Gasteiger partial charge in [0.1, 0.15) is 6.10 Å². The number of rotatable bonds is 5. The molecule has 1 aromatic carbocycles. The highest BCUT2D eigenvalue weighted by atomic mass is 16.6. The van der Waals surface area contributed by atoms with E-state index in [-0.39, 0.29) is 28.3 Å². The molecule has 164 valence electrons. The Hall–Kier alpha value is -2.35. The maximum atomic E-state index is 12.0. The van der Waals surface area contributed by atoms with Crippen LogP contribution in [0.5, 0.6) is 0 Å². The SMILES string of the molecule is CC(C)(C)NC(=O)OC1C2CN(CC3CCN(c4ccc([N+](=O)[O-])cc4)CC3)CC21. The van der Waals surface area contributed by atoms with Crippen LogP contribution in [0.1, 0.15) is 33.6 Å². The van der Waals surface area contributed by atoms with E-state index in [1.807, 2.05) is 32.9 Å². The van der Waals surface area contributed by atoms with Crippen molar-refractivity contribution >= 4 is 17.5 Å². The van der Waals surface area contributed by atoms with Crippen molar-refractivity contribution in [2.75, 3.05) is 37.6 Å². The molecule has 0 bridgehead atoms. The third-order valence-electron chi connectivity index (χ3n) is 6.47. The predicted molar refractivity (Wildman–Crippen MR) is 115 cm³/mol. The number of hydrogen-bond donors (Lipinski definition) is 1. The van der Waals surface area contributed by atoms with Crippen LogP contribution >= 0.6 is 0 Å². The number of fused-ring (bicyclic) bond motifs is 1. The summed E-state index contributed by atoms with van der Waals surface area (Å²) in [5.74, 6) is 1.67. The van der Waals surface area contributed by atoms with Crippen molar-refractivity contribution in [3.8, 4) is 0 Å². The number of hydrogen-bond acceptors (Lipinski definition) is 6. The van der Waals surface area contributed by atoms with Gasteiger partial charge in [-0.05, 0) is 51.7 Å². The van der Waals surface area contributed by atoms with Crippen molar-refractivity contribution in [1.29, 1.82) is 0 Å². The Bertz CT molecular complexity index is 771. The molecule has 30 heavy (non-hydrogen) atoms. The van der Waals surface area contributed by atoms with E-state index >= 15 is 0 Å². The molecule has 1 amide bonds. The van der Waals surface area contributed by atoms with Gasteiger partial charge in [-0.15, -0.1) is 0 Å². The van der Waals surface area contributed by atoms with Crippen LogP contribution in [0, 0.1) is 27.9 Å². The van der Waals surface area contributed by atoms with E-state index < -0.39 is 0 Å². The van der Waals surface area contributed by atoms with Gasteiger partial charge in [-0.3, -0.25) is 10.1 Å². The third-order valence-corrected chi connectivity index (χ3v) is 6.47. The Morgan fingerprint density at radius 1 is 1.17 bits per heavy atom. The van der Waals surface area contributed by atoms with Crippen molar-refractivity contribution < 1.29 is 14.5 Å². The van der Waals surface area contributed by atoms with Gasteiger partial charge in [0.25, 0.3) is 5.69 Å². The highest BCUT2D eigenvalue weighted by molar-refractivity contribution is 5.68. The van der Waals surface area contributed by atoms with Gasteiger partial charge in [0, 0.05) is 67.9 Å². The maximum absolute atomic E-state index is 12.0. The fraction of sp³-hybridized carbons (Fsp3) is 0.682. The number of nitro benzene ring substituents is 1. The van der Waals surface area contributed by atoms with E-state index in [9.17, 15) is 14.9 Å².